The average molecular weight is 359 g/mol. The number of carbonyl (C=O) groups excluding carboxylic acids is 1. The topological polar surface area (TPSA) is 89.9 Å². The van der Waals surface area contributed by atoms with Gasteiger partial charge in [0.15, 0.2) is 0 Å². The van der Waals surface area contributed by atoms with Crippen LogP contribution < -0.4 is 5.73 Å². The van der Waals surface area contributed by atoms with Gasteiger partial charge in [-0.15, -0.1) is 0 Å². The van der Waals surface area contributed by atoms with E-state index in [-0.39, 0.29) is 52.9 Å². The lowest BCUT2D eigenvalue weighted by atomic mass is 9.46. The Balaban J connectivity index is 1.39. The van der Waals surface area contributed by atoms with Gasteiger partial charge in [0.2, 0.25) is 0 Å². The van der Waals surface area contributed by atoms with E-state index in [1.165, 1.54) is 5.57 Å². The lowest BCUT2D eigenvalue weighted by Crippen LogP contribution is -2.71. The molecule has 7 rings (SSSR count). The van der Waals surface area contributed by atoms with Crippen molar-refractivity contribution in [3.8, 4) is 0 Å². The third kappa shape index (κ3) is 1.14. The molecule has 4 heterocycles. The van der Waals surface area contributed by atoms with E-state index in [0.717, 1.165) is 24.8 Å². The van der Waals surface area contributed by atoms with Crippen molar-refractivity contribution < 1.29 is 23.7 Å². The zero-order valence-electron chi connectivity index (χ0n) is 15.4. The van der Waals surface area contributed by atoms with Gasteiger partial charge < -0.3 is 24.7 Å². The van der Waals surface area contributed by atoms with E-state index in [4.69, 9.17) is 24.7 Å². The normalized spacial score (nSPS) is 63.1. The Morgan fingerprint density at radius 1 is 1.19 bits per heavy atom. The third-order valence-electron chi connectivity index (χ3n) is 9.21. The summed E-state index contributed by atoms with van der Waals surface area (Å²) in [6.07, 6.45) is 2.87. The van der Waals surface area contributed by atoms with Gasteiger partial charge in [-0.2, -0.15) is 0 Å². The average Bonchev–Trinajstić information content (AvgIpc) is 3.47. The molecule has 7 aliphatic rings. The lowest BCUT2D eigenvalue weighted by Gasteiger charge is -2.53. The largest absolute Gasteiger partial charge is 0.458 e. The van der Waals surface area contributed by atoms with Crippen LogP contribution in [0.5, 0.6) is 0 Å². The molecule has 26 heavy (non-hydrogen) atoms. The molecule has 6 nitrogen and oxygen atoms in total. The molecule has 0 radical (unpaired) electrons. The van der Waals surface area contributed by atoms with E-state index in [1.54, 1.807) is 0 Å². The van der Waals surface area contributed by atoms with Crippen LogP contribution in [-0.4, -0.2) is 53.7 Å². The van der Waals surface area contributed by atoms with E-state index in [1.807, 2.05) is 0 Å². The molecule has 0 unspecified atom stereocenters. The Bertz CT molecular complexity index is 823. The van der Waals surface area contributed by atoms with Crippen molar-refractivity contribution in [1.29, 1.82) is 0 Å². The van der Waals surface area contributed by atoms with Crippen molar-refractivity contribution in [2.24, 2.45) is 23.0 Å². The Hall–Kier alpha value is -0.950. The summed E-state index contributed by atoms with van der Waals surface area (Å²) in [6, 6.07) is -0.154. The summed E-state index contributed by atoms with van der Waals surface area (Å²) >= 11 is 0. The molecular weight excluding hydrogens is 334 g/mol. The van der Waals surface area contributed by atoms with E-state index in [9.17, 15) is 4.79 Å². The van der Waals surface area contributed by atoms with Gasteiger partial charge in [-0.3, -0.25) is 0 Å². The summed E-state index contributed by atoms with van der Waals surface area (Å²) < 4.78 is 24.7. The molecule has 2 saturated carbocycles. The highest BCUT2D eigenvalue weighted by molar-refractivity contribution is 5.92. The van der Waals surface area contributed by atoms with Gasteiger partial charge in [0.1, 0.15) is 35.6 Å². The minimum atomic E-state index is -0.415. The number of hydrogen-bond acceptors (Lipinski definition) is 6. The highest BCUT2D eigenvalue weighted by Gasteiger charge is 2.99. The summed E-state index contributed by atoms with van der Waals surface area (Å²) in [6.45, 7) is 7.16. The maximum absolute atomic E-state index is 12.1. The summed E-state index contributed by atoms with van der Waals surface area (Å²) in [4.78, 5) is 12.1. The number of carbonyl (C=O) groups is 1. The van der Waals surface area contributed by atoms with Gasteiger partial charge in [0, 0.05) is 11.0 Å². The number of epoxide rings is 3. The molecule has 0 aromatic carbocycles. The molecular formula is C20H25NO5. The molecule has 3 saturated heterocycles. The number of esters is 1. The van der Waals surface area contributed by atoms with Gasteiger partial charge in [-0.05, 0) is 36.7 Å². The monoisotopic (exact) mass is 359 g/mol. The van der Waals surface area contributed by atoms with E-state index < -0.39 is 5.60 Å². The minimum Gasteiger partial charge on any atom is -0.458 e. The quantitative estimate of drug-likeness (QED) is 0.556. The van der Waals surface area contributed by atoms with Crippen LogP contribution in [-0.2, 0) is 23.7 Å². The maximum atomic E-state index is 12.1. The molecule has 6 heteroatoms. The fourth-order valence-corrected chi connectivity index (χ4v) is 7.84. The molecule has 4 aliphatic heterocycles. The van der Waals surface area contributed by atoms with Crippen LogP contribution in [0, 0.1) is 17.3 Å². The number of fused-ring (bicyclic) bond motifs is 4. The summed E-state index contributed by atoms with van der Waals surface area (Å²) in [5.41, 5.74) is 7.84. The molecule has 3 aliphatic carbocycles. The molecule has 2 N–H and O–H groups in total. The zero-order valence-corrected chi connectivity index (χ0v) is 15.4. The predicted octanol–water partition coefficient (Wildman–Crippen LogP) is 1.07. The molecule has 2 spiro atoms. The van der Waals surface area contributed by atoms with E-state index in [0.29, 0.717) is 12.5 Å². The Labute approximate surface area is 152 Å². The molecule has 0 amide bonds. The van der Waals surface area contributed by atoms with Gasteiger partial charge in [-0.25, -0.2) is 4.79 Å². The fourth-order valence-electron chi connectivity index (χ4n) is 7.84. The van der Waals surface area contributed by atoms with Gasteiger partial charge in [0.05, 0.1) is 12.1 Å². The smallest absolute Gasteiger partial charge is 0.334 e. The summed E-state index contributed by atoms with van der Waals surface area (Å²) in [5, 5.41) is 0. The van der Waals surface area contributed by atoms with Crippen molar-refractivity contribution >= 4 is 5.97 Å². The van der Waals surface area contributed by atoms with Crippen molar-refractivity contribution in [3.05, 3.63) is 11.1 Å². The summed E-state index contributed by atoms with van der Waals surface area (Å²) in [5.74, 6) is 0.503. The predicted molar refractivity (Wildman–Crippen MR) is 89.1 cm³/mol. The number of cyclic esters (lactones) is 1. The van der Waals surface area contributed by atoms with E-state index in [2.05, 4.69) is 20.8 Å². The zero-order chi connectivity index (χ0) is 17.9. The van der Waals surface area contributed by atoms with Gasteiger partial charge in [0.25, 0.3) is 0 Å². The molecule has 9 atom stereocenters. The first kappa shape index (κ1) is 15.0. The van der Waals surface area contributed by atoms with Crippen molar-refractivity contribution in [2.45, 2.75) is 81.2 Å². The van der Waals surface area contributed by atoms with Gasteiger partial charge in [-0.1, -0.05) is 20.8 Å². The molecule has 0 aromatic rings. The van der Waals surface area contributed by atoms with Crippen LogP contribution >= 0.6 is 0 Å². The Morgan fingerprint density at radius 2 is 2.00 bits per heavy atom. The number of nitrogens with two attached hydrogens (primary N) is 1. The highest BCUT2D eigenvalue weighted by atomic mass is 16.7. The number of rotatable bonds is 1. The van der Waals surface area contributed by atoms with Crippen molar-refractivity contribution in [2.75, 3.05) is 6.61 Å². The first-order valence-corrected chi connectivity index (χ1v) is 10.0. The maximum Gasteiger partial charge on any atom is 0.334 e. The first-order valence-electron chi connectivity index (χ1n) is 10.0. The van der Waals surface area contributed by atoms with Gasteiger partial charge >= 0.3 is 5.97 Å². The Morgan fingerprint density at radius 3 is 2.77 bits per heavy atom. The van der Waals surface area contributed by atoms with Crippen molar-refractivity contribution in [3.63, 3.8) is 0 Å². The lowest BCUT2D eigenvalue weighted by molar-refractivity contribution is -0.136. The number of hydrogen-bond donors (Lipinski definition) is 1. The second-order valence-corrected chi connectivity index (χ2v) is 9.98. The van der Waals surface area contributed by atoms with Crippen LogP contribution in [0.4, 0.5) is 0 Å². The van der Waals surface area contributed by atoms with Crippen LogP contribution in [0.25, 0.3) is 0 Å². The van der Waals surface area contributed by atoms with Crippen LogP contribution in [0.3, 0.4) is 0 Å². The van der Waals surface area contributed by atoms with E-state index >= 15 is 0 Å². The van der Waals surface area contributed by atoms with Crippen LogP contribution in [0.2, 0.25) is 0 Å². The SMILES string of the molecule is CC(C)[C@]12O[C@H]1[C@@H]1O[C@]13[C@]1(O[C@H]1C[C@H]1C4=C(CC[C@@]13C)C(=O)OC4)[C@@H]2N. The van der Waals surface area contributed by atoms with Crippen molar-refractivity contribution in [1.82, 2.24) is 0 Å². The summed E-state index contributed by atoms with van der Waals surface area (Å²) in [7, 11) is 0. The molecule has 0 aromatic heterocycles. The van der Waals surface area contributed by atoms with Crippen LogP contribution in [0.15, 0.2) is 11.1 Å². The second-order valence-electron chi connectivity index (χ2n) is 9.98. The van der Waals surface area contributed by atoms with Crippen LogP contribution in [0.1, 0.15) is 40.0 Å². The standard InChI is InChI=1S/C20H25NO5/c1-8(2)18-13(25-18)14-20(26-14)17(3)5-4-9-10(7-23-15(9)22)11(17)6-12-19(20,24-12)16(18)21/h8,11-14,16H,4-7,21H2,1-3H3/t11-,12-,13-,14-,16+,17-,18-,19+,20+/m0/s1. The Kier molecular flexibility index (Phi) is 2.19. The fraction of sp³-hybridized carbons (Fsp3) is 0.850. The third-order valence-corrected chi connectivity index (χ3v) is 9.21. The number of ether oxygens (including phenoxy) is 4. The minimum absolute atomic E-state index is 0.0719. The first-order chi connectivity index (χ1) is 12.3. The second kappa shape index (κ2) is 3.79. The molecule has 5 fully saturated rings. The molecule has 140 valence electrons. The molecule has 0 bridgehead atoms. The highest BCUT2D eigenvalue weighted by Crippen LogP contribution is 2.82.